The van der Waals surface area contributed by atoms with Crippen LogP contribution in [0.2, 0.25) is 0 Å². The number of aromatic amines is 1. The Labute approximate surface area is 155 Å². The van der Waals surface area contributed by atoms with E-state index in [1.807, 2.05) is 4.98 Å². The van der Waals surface area contributed by atoms with Crippen molar-refractivity contribution in [2.24, 2.45) is 0 Å². The monoisotopic (exact) mass is 394 g/mol. The maximum absolute atomic E-state index is 14.5. The molecule has 0 radical (unpaired) electrons. The lowest BCUT2D eigenvalue weighted by Crippen LogP contribution is -2.31. The predicted octanol–water partition coefficient (Wildman–Crippen LogP) is 2.83. The molecule has 1 saturated heterocycles. The van der Waals surface area contributed by atoms with Gasteiger partial charge in [0.15, 0.2) is 17.3 Å². The van der Waals surface area contributed by atoms with Crippen LogP contribution in [0.3, 0.4) is 0 Å². The van der Waals surface area contributed by atoms with Gasteiger partial charge in [-0.15, -0.1) is 0 Å². The maximum atomic E-state index is 14.5. The Morgan fingerprint density at radius 1 is 1.07 bits per heavy atom. The first kappa shape index (κ1) is 18.2. The number of benzene rings is 1. The number of hydrogen-bond acceptors (Lipinski definition) is 4. The smallest absolute Gasteiger partial charge is 0.354 e. The number of rotatable bonds is 2. The van der Waals surface area contributed by atoms with Crippen molar-refractivity contribution in [2.45, 2.75) is 19.0 Å². The van der Waals surface area contributed by atoms with Crippen LogP contribution in [0.4, 0.5) is 23.4 Å². The van der Waals surface area contributed by atoms with Crippen LogP contribution >= 0.6 is 0 Å². The zero-order chi connectivity index (χ0) is 20.1. The zero-order valence-electron chi connectivity index (χ0n) is 14.4. The minimum Gasteiger partial charge on any atom is -0.354 e. The number of halogens is 4. The third-order valence-electron chi connectivity index (χ3n) is 4.65. The molecule has 0 aliphatic carbocycles. The van der Waals surface area contributed by atoms with Crippen molar-refractivity contribution in [3.8, 4) is 5.69 Å². The van der Waals surface area contributed by atoms with E-state index in [0.29, 0.717) is 13.1 Å². The molecule has 10 heteroatoms. The van der Waals surface area contributed by atoms with Crippen molar-refractivity contribution in [1.29, 1.82) is 0 Å². The molecule has 0 atom stereocenters. The summed E-state index contributed by atoms with van der Waals surface area (Å²) in [6.45, 7) is 1.12. The minimum atomic E-state index is -4.61. The Bertz CT molecular complexity index is 1180. The quantitative estimate of drug-likeness (QED) is 0.679. The van der Waals surface area contributed by atoms with Gasteiger partial charge in [-0.05, 0) is 37.1 Å². The summed E-state index contributed by atoms with van der Waals surface area (Å²) in [5.41, 5.74) is -3.10. The number of pyridine rings is 1. The first-order valence-corrected chi connectivity index (χ1v) is 8.54. The molecule has 1 N–H and O–H groups in total. The van der Waals surface area contributed by atoms with E-state index in [9.17, 15) is 27.2 Å². The lowest BCUT2D eigenvalue weighted by atomic mass is 10.2. The van der Waals surface area contributed by atoms with Crippen LogP contribution < -0.4 is 16.1 Å². The second-order valence-electron chi connectivity index (χ2n) is 6.50. The van der Waals surface area contributed by atoms with E-state index in [4.69, 9.17) is 0 Å². The number of nitrogens with one attached hydrogen (secondary N) is 1. The fourth-order valence-electron chi connectivity index (χ4n) is 3.34. The molecule has 6 nitrogen and oxygen atoms in total. The summed E-state index contributed by atoms with van der Waals surface area (Å²) >= 11 is 0. The molecule has 146 valence electrons. The Balaban J connectivity index is 2.02. The molecule has 1 aliphatic rings. The standard InChI is InChI=1S/C18H14F4N4O2/c19-13-9-12-14(23-15(13)25-6-1-2-7-25)26(17(28)24-16(12)27)11-5-3-4-10(8-11)18(20,21)22/h3-5,8-9H,1-2,6-7H2,(H,24,27,28). The average Bonchev–Trinajstić information content (AvgIpc) is 3.16. The van der Waals surface area contributed by atoms with Gasteiger partial charge in [0.05, 0.1) is 16.6 Å². The Morgan fingerprint density at radius 2 is 1.79 bits per heavy atom. The predicted molar refractivity (Wildman–Crippen MR) is 94.4 cm³/mol. The summed E-state index contributed by atoms with van der Waals surface area (Å²) in [4.78, 5) is 32.4. The Morgan fingerprint density at radius 3 is 2.46 bits per heavy atom. The molecule has 0 unspecified atom stereocenters. The lowest BCUT2D eigenvalue weighted by Gasteiger charge is -2.18. The molecule has 1 fully saturated rings. The van der Waals surface area contributed by atoms with Gasteiger partial charge in [-0.3, -0.25) is 9.78 Å². The normalized spacial score (nSPS) is 14.8. The summed E-state index contributed by atoms with van der Waals surface area (Å²) in [5, 5.41) is -0.225. The second kappa shape index (κ2) is 6.47. The van der Waals surface area contributed by atoms with Crippen molar-refractivity contribution < 1.29 is 17.6 Å². The molecule has 28 heavy (non-hydrogen) atoms. The zero-order valence-corrected chi connectivity index (χ0v) is 14.4. The van der Waals surface area contributed by atoms with Crippen LogP contribution in [0.1, 0.15) is 18.4 Å². The molecule has 3 heterocycles. The van der Waals surface area contributed by atoms with Crippen molar-refractivity contribution in [3.63, 3.8) is 0 Å². The van der Waals surface area contributed by atoms with Crippen molar-refractivity contribution in [3.05, 3.63) is 62.6 Å². The summed E-state index contributed by atoms with van der Waals surface area (Å²) in [7, 11) is 0. The number of alkyl halides is 3. The first-order valence-electron chi connectivity index (χ1n) is 8.54. The second-order valence-corrected chi connectivity index (χ2v) is 6.50. The van der Waals surface area contributed by atoms with Crippen molar-refractivity contribution in [1.82, 2.24) is 14.5 Å². The third kappa shape index (κ3) is 3.04. The van der Waals surface area contributed by atoms with Gasteiger partial charge < -0.3 is 4.90 Å². The molecule has 1 aromatic carbocycles. The number of anilines is 1. The number of nitrogens with zero attached hydrogens (tertiary/aromatic N) is 3. The largest absolute Gasteiger partial charge is 0.416 e. The highest BCUT2D eigenvalue weighted by molar-refractivity contribution is 5.78. The molecule has 0 bridgehead atoms. The molecule has 0 saturated carbocycles. The van der Waals surface area contributed by atoms with Crippen molar-refractivity contribution in [2.75, 3.05) is 18.0 Å². The van der Waals surface area contributed by atoms with Gasteiger partial charge in [-0.25, -0.2) is 18.7 Å². The van der Waals surface area contributed by atoms with E-state index < -0.39 is 28.8 Å². The number of aromatic nitrogens is 3. The summed E-state index contributed by atoms with van der Waals surface area (Å²) < 4.78 is 54.6. The SMILES string of the molecule is O=c1[nH]c(=O)n(-c2cccc(C(F)(F)F)c2)c2nc(N3CCCC3)c(F)cc12. The highest BCUT2D eigenvalue weighted by Crippen LogP contribution is 2.31. The molecular weight excluding hydrogens is 380 g/mol. The summed E-state index contributed by atoms with van der Waals surface area (Å²) in [6, 6.07) is 5.03. The number of fused-ring (bicyclic) bond motifs is 1. The summed E-state index contributed by atoms with van der Waals surface area (Å²) in [6.07, 6.45) is -2.93. The van der Waals surface area contributed by atoms with Crippen LogP contribution in [0.15, 0.2) is 39.9 Å². The van der Waals surface area contributed by atoms with E-state index in [1.54, 1.807) is 4.90 Å². The van der Waals surface area contributed by atoms with Gasteiger partial charge in [-0.1, -0.05) is 6.07 Å². The highest BCUT2D eigenvalue weighted by atomic mass is 19.4. The fraction of sp³-hybridized carbons (Fsp3) is 0.278. The Hall–Kier alpha value is -3.17. The van der Waals surface area contributed by atoms with Crippen LogP contribution in [-0.4, -0.2) is 27.6 Å². The van der Waals surface area contributed by atoms with E-state index in [0.717, 1.165) is 41.7 Å². The topological polar surface area (TPSA) is 71.0 Å². The minimum absolute atomic E-state index is 0.0317. The third-order valence-corrected chi connectivity index (χ3v) is 4.65. The fourth-order valence-corrected chi connectivity index (χ4v) is 3.34. The van der Waals surface area contributed by atoms with Crippen LogP contribution in [0.25, 0.3) is 16.7 Å². The molecule has 3 aromatic rings. The van der Waals surface area contributed by atoms with E-state index in [-0.39, 0.29) is 22.5 Å². The molecule has 0 spiro atoms. The van der Waals surface area contributed by atoms with E-state index in [2.05, 4.69) is 4.98 Å². The van der Waals surface area contributed by atoms with Gasteiger partial charge in [-0.2, -0.15) is 13.2 Å². The maximum Gasteiger partial charge on any atom is 0.416 e. The van der Waals surface area contributed by atoms with E-state index in [1.165, 1.54) is 6.07 Å². The van der Waals surface area contributed by atoms with Gasteiger partial charge in [0.1, 0.15) is 0 Å². The lowest BCUT2D eigenvalue weighted by molar-refractivity contribution is -0.137. The first-order chi connectivity index (χ1) is 13.3. The Kier molecular flexibility index (Phi) is 4.20. The number of H-pyrrole nitrogens is 1. The highest BCUT2D eigenvalue weighted by Gasteiger charge is 2.31. The van der Waals surface area contributed by atoms with Crippen LogP contribution in [-0.2, 0) is 6.18 Å². The van der Waals surface area contributed by atoms with Gasteiger partial charge in [0.25, 0.3) is 5.56 Å². The van der Waals surface area contributed by atoms with E-state index >= 15 is 0 Å². The van der Waals surface area contributed by atoms with Crippen LogP contribution in [0.5, 0.6) is 0 Å². The summed E-state index contributed by atoms with van der Waals surface area (Å²) in [5.74, 6) is -0.759. The van der Waals surface area contributed by atoms with Gasteiger partial charge in [0.2, 0.25) is 0 Å². The molecule has 4 rings (SSSR count). The van der Waals surface area contributed by atoms with Crippen LogP contribution in [0, 0.1) is 5.82 Å². The van der Waals surface area contributed by atoms with Crippen molar-refractivity contribution >= 4 is 16.9 Å². The molecule has 1 aliphatic heterocycles. The number of hydrogen-bond donors (Lipinski definition) is 1. The van der Waals surface area contributed by atoms with Gasteiger partial charge >= 0.3 is 11.9 Å². The average molecular weight is 394 g/mol. The molecule has 0 amide bonds. The molecular formula is C18H14F4N4O2. The van der Waals surface area contributed by atoms with Gasteiger partial charge in [0, 0.05) is 13.1 Å². The molecule has 2 aromatic heterocycles.